The summed E-state index contributed by atoms with van der Waals surface area (Å²) in [5.41, 5.74) is 2.15. The molecule has 5 heteroatoms. The summed E-state index contributed by atoms with van der Waals surface area (Å²) in [7, 11) is 0. The van der Waals surface area contributed by atoms with E-state index < -0.39 is 0 Å². The van der Waals surface area contributed by atoms with E-state index in [0.29, 0.717) is 11.9 Å². The lowest BCUT2D eigenvalue weighted by Gasteiger charge is -2.20. The summed E-state index contributed by atoms with van der Waals surface area (Å²) in [5, 5.41) is 2.13. The van der Waals surface area contributed by atoms with Gasteiger partial charge in [-0.1, -0.05) is 35.3 Å². The highest BCUT2D eigenvalue weighted by atomic mass is 79.9. The van der Waals surface area contributed by atoms with Crippen molar-refractivity contribution in [2.24, 2.45) is 0 Å². The Balaban J connectivity index is 2.20. The average molecular weight is 384 g/mol. The Bertz CT molecular complexity index is 736. The van der Waals surface area contributed by atoms with Gasteiger partial charge in [0.1, 0.15) is 5.82 Å². The molecule has 0 amide bonds. The zero-order valence-electron chi connectivity index (χ0n) is 11.7. The molecule has 1 atom stereocenters. The van der Waals surface area contributed by atoms with Crippen LogP contribution in [0.15, 0.2) is 40.2 Å². The number of alkyl halides is 1. The van der Waals surface area contributed by atoms with Gasteiger partial charge in [-0.05, 0) is 36.1 Å². The van der Waals surface area contributed by atoms with Crippen molar-refractivity contribution in [1.29, 1.82) is 0 Å². The van der Waals surface area contributed by atoms with Gasteiger partial charge < -0.3 is 4.57 Å². The summed E-state index contributed by atoms with van der Waals surface area (Å²) in [6.07, 6.45) is 2.21. The highest BCUT2D eigenvalue weighted by Gasteiger charge is 2.20. The van der Waals surface area contributed by atoms with E-state index in [0.717, 1.165) is 34.2 Å². The summed E-state index contributed by atoms with van der Waals surface area (Å²) in [5.74, 6) is 1.37. The van der Waals surface area contributed by atoms with Crippen molar-refractivity contribution < 1.29 is 0 Å². The normalized spacial score (nSPS) is 12.9. The Morgan fingerprint density at radius 3 is 2.90 bits per heavy atom. The zero-order valence-corrected chi connectivity index (χ0v) is 14.9. The molecule has 0 aliphatic carbocycles. The highest BCUT2D eigenvalue weighted by Crippen LogP contribution is 2.33. The molecule has 0 bridgehead atoms. The molecule has 0 aliphatic heterocycles. The summed E-state index contributed by atoms with van der Waals surface area (Å²) >= 11 is 11.5. The van der Waals surface area contributed by atoms with E-state index in [1.165, 1.54) is 4.88 Å². The van der Waals surface area contributed by atoms with Crippen LogP contribution in [-0.4, -0.2) is 9.55 Å². The van der Waals surface area contributed by atoms with Gasteiger partial charge in [0.2, 0.25) is 0 Å². The molecule has 3 rings (SSSR count). The largest absolute Gasteiger partial charge is 0.319 e. The lowest BCUT2D eigenvalue weighted by molar-refractivity contribution is 0.540. The molecule has 1 aromatic carbocycles. The molecule has 0 saturated heterocycles. The molecule has 2 nitrogen and oxygen atoms in total. The Labute approximate surface area is 141 Å². The number of hydrogen-bond acceptors (Lipinski definition) is 2. The SMILES string of the molecule is CCCC(c1cccs1)n1c(CCl)nc2cc(Br)ccc21. The van der Waals surface area contributed by atoms with Gasteiger partial charge in [-0.25, -0.2) is 4.98 Å². The van der Waals surface area contributed by atoms with Crippen LogP contribution in [0.1, 0.15) is 36.5 Å². The van der Waals surface area contributed by atoms with Gasteiger partial charge >= 0.3 is 0 Å². The van der Waals surface area contributed by atoms with Crippen LogP contribution < -0.4 is 0 Å². The molecule has 1 unspecified atom stereocenters. The molecular formula is C16H16BrClN2S. The number of rotatable bonds is 5. The summed E-state index contributed by atoms with van der Waals surface area (Å²) in [4.78, 5) is 6.08. The predicted molar refractivity (Wildman–Crippen MR) is 94.4 cm³/mol. The van der Waals surface area contributed by atoms with Crippen molar-refractivity contribution in [3.63, 3.8) is 0 Å². The Hall–Kier alpha value is -0.840. The summed E-state index contributed by atoms with van der Waals surface area (Å²) in [6, 6.07) is 10.9. The van der Waals surface area contributed by atoms with Gasteiger partial charge in [0.15, 0.2) is 0 Å². The fraction of sp³-hybridized carbons (Fsp3) is 0.312. The van der Waals surface area contributed by atoms with Crippen molar-refractivity contribution in [3.05, 3.63) is 50.9 Å². The lowest BCUT2D eigenvalue weighted by atomic mass is 10.1. The van der Waals surface area contributed by atoms with Crippen LogP contribution in [0.5, 0.6) is 0 Å². The standard InChI is InChI=1S/C16H16BrClN2S/c1-2-4-14(15-5-3-8-21-15)20-13-7-6-11(17)9-12(13)19-16(20)10-18/h3,5-9,14H,2,4,10H2,1H3. The smallest absolute Gasteiger partial charge is 0.125 e. The van der Waals surface area contributed by atoms with E-state index in [1.807, 2.05) is 0 Å². The third-order valence-corrected chi connectivity index (χ3v) is 5.30. The number of nitrogens with zero attached hydrogens (tertiary/aromatic N) is 2. The van der Waals surface area contributed by atoms with Gasteiger partial charge in [-0.2, -0.15) is 0 Å². The van der Waals surface area contributed by atoms with Gasteiger partial charge in [0, 0.05) is 9.35 Å². The van der Waals surface area contributed by atoms with Gasteiger partial charge in [0.05, 0.1) is 23.0 Å². The fourth-order valence-electron chi connectivity index (χ4n) is 2.72. The molecule has 2 aromatic heterocycles. The maximum absolute atomic E-state index is 6.16. The van der Waals surface area contributed by atoms with Crippen LogP contribution in [0, 0.1) is 0 Å². The summed E-state index contributed by atoms with van der Waals surface area (Å²) < 4.78 is 3.35. The molecule has 2 heterocycles. The number of benzene rings is 1. The molecule has 0 saturated carbocycles. The van der Waals surface area contributed by atoms with Gasteiger partial charge in [-0.15, -0.1) is 22.9 Å². The van der Waals surface area contributed by atoms with Crippen molar-refractivity contribution in [3.8, 4) is 0 Å². The van der Waals surface area contributed by atoms with Crippen LogP contribution in [0.3, 0.4) is 0 Å². The van der Waals surface area contributed by atoms with E-state index in [1.54, 1.807) is 11.3 Å². The first-order valence-electron chi connectivity index (χ1n) is 7.00. The minimum atomic E-state index is 0.315. The highest BCUT2D eigenvalue weighted by molar-refractivity contribution is 9.10. The van der Waals surface area contributed by atoms with E-state index in [-0.39, 0.29) is 0 Å². The number of thiophene rings is 1. The van der Waals surface area contributed by atoms with Crippen LogP contribution in [0.2, 0.25) is 0 Å². The maximum atomic E-state index is 6.16. The minimum absolute atomic E-state index is 0.315. The number of halogens is 2. The van der Waals surface area contributed by atoms with Crippen LogP contribution >= 0.6 is 38.9 Å². The lowest BCUT2D eigenvalue weighted by Crippen LogP contribution is -2.12. The molecule has 110 valence electrons. The van der Waals surface area contributed by atoms with E-state index in [2.05, 4.69) is 63.1 Å². The van der Waals surface area contributed by atoms with Crippen molar-refractivity contribution >= 4 is 49.9 Å². The Morgan fingerprint density at radius 2 is 2.24 bits per heavy atom. The number of hydrogen-bond donors (Lipinski definition) is 0. The third-order valence-electron chi connectivity index (χ3n) is 3.59. The number of aromatic nitrogens is 2. The molecule has 0 radical (unpaired) electrons. The van der Waals surface area contributed by atoms with Gasteiger partial charge in [-0.3, -0.25) is 0 Å². The van der Waals surface area contributed by atoms with Crippen LogP contribution in [-0.2, 0) is 5.88 Å². The van der Waals surface area contributed by atoms with Crippen LogP contribution in [0.4, 0.5) is 0 Å². The van der Waals surface area contributed by atoms with Gasteiger partial charge in [0.25, 0.3) is 0 Å². The average Bonchev–Trinajstić information content (AvgIpc) is 3.11. The summed E-state index contributed by atoms with van der Waals surface area (Å²) in [6.45, 7) is 2.22. The quantitative estimate of drug-likeness (QED) is 0.495. The third kappa shape index (κ3) is 2.89. The maximum Gasteiger partial charge on any atom is 0.125 e. The molecular weight excluding hydrogens is 368 g/mol. The number of imidazole rings is 1. The minimum Gasteiger partial charge on any atom is -0.319 e. The first-order chi connectivity index (χ1) is 10.2. The molecule has 0 spiro atoms. The Kier molecular flexibility index (Phi) is 4.67. The first kappa shape index (κ1) is 15.1. The van der Waals surface area contributed by atoms with Crippen molar-refractivity contribution in [1.82, 2.24) is 9.55 Å². The molecule has 0 N–H and O–H groups in total. The second kappa shape index (κ2) is 6.51. The first-order valence-corrected chi connectivity index (χ1v) is 9.21. The van der Waals surface area contributed by atoms with Crippen molar-refractivity contribution in [2.45, 2.75) is 31.7 Å². The molecule has 0 aliphatic rings. The van der Waals surface area contributed by atoms with E-state index >= 15 is 0 Å². The van der Waals surface area contributed by atoms with E-state index in [4.69, 9.17) is 16.6 Å². The second-order valence-electron chi connectivity index (χ2n) is 4.98. The molecule has 3 aromatic rings. The fourth-order valence-corrected chi connectivity index (χ4v) is 4.11. The van der Waals surface area contributed by atoms with Crippen LogP contribution in [0.25, 0.3) is 11.0 Å². The molecule has 0 fully saturated rings. The number of fused-ring (bicyclic) bond motifs is 1. The monoisotopic (exact) mass is 382 g/mol. The second-order valence-corrected chi connectivity index (χ2v) is 7.15. The zero-order chi connectivity index (χ0) is 14.8. The molecule has 21 heavy (non-hydrogen) atoms. The predicted octanol–water partition coefficient (Wildman–Crippen LogP) is 5.99. The topological polar surface area (TPSA) is 17.8 Å². The van der Waals surface area contributed by atoms with Crippen molar-refractivity contribution in [2.75, 3.05) is 0 Å². The van der Waals surface area contributed by atoms with E-state index in [9.17, 15) is 0 Å². The Morgan fingerprint density at radius 1 is 1.38 bits per heavy atom.